The number of unbranched alkanes of at least 4 members (excludes halogenated alkanes) is 12. The normalized spacial score (nSPS) is 13.3. The quantitative estimate of drug-likeness (QED) is 0.0262. The zero-order chi connectivity index (χ0) is 50.0. The summed E-state index contributed by atoms with van der Waals surface area (Å²) in [5, 5.41) is 0. The first-order valence-corrected chi connectivity index (χ1v) is 27.3. The van der Waals surface area contributed by atoms with Crippen LogP contribution in [0.4, 0.5) is 0 Å². The Bertz CT molecular complexity index is 1560. The Kier molecular flexibility index (Phi) is 52.1. The molecule has 386 valence electrons. The van der Waals surface area contributed by atoms with Gasteiger partial charge in [0.1, 0.15) is 13.2 Å². The lowest BCUT2D eigenvalue weighted by Crippen LogP contribution is -2.30. The van der Waals surface area contributed by atoms with Crippen molar-refractivity contribution in [2.24, 2.45) is 0 Å². The summed E-state index contributed by atoms with van der Waals surface area (Å²) >= 11 is 0. The van der Waals surface area contributed by atoms with Gasteiger partial charge in [0, 0.05) is 19.3 Å². The van der Waals surface area contributed by atoms with Crippen molar-refractivity contribution in [1.82, 2.24) is 0 Å². The van der Waals surface area contributed by atoms with Crippen LogP contribution in [0.15, 0.2) is 146 Å². The van der Waals surface area contributed by atoms with Gasteiger partial charge in [-0.25, -0.2) is 0 Å². The van der Waals surface area contributed by atoms with Gasteiger partial charge in [0.25, 0.3) is 0 Å². The minimum absolute atomic E-state index is 0.149. The first-order chi connectivity index (χ1) is 34.0. The number of carbonyl (C=O) groups is 3. The summed E-state index contributed by atoms with van der Waals surface area (Å²) in [5.41, 5.74) is 0. The molecule has 6 heteroatoms. The third-order valence-corrected chi connectivity index (χ3v) is 10.8. The van der Waals surface area contributed by atoms with Crippen LogP contribution in [0.3, 0.4) is 0 Å². The molecule has 0 radical (unpaired) electrons. The largest absolute Gasteiger partial charge is 0.462 e. The fraction of sp³-hybridized carbons (Fsp3) is 0.571. The van der Waals surface area contributed by atoms with E-state index < -0.39 is 12.1 Å². The molecule has 0 aromatic carbocycles. The third-order valence-electron chi connectivity index (χ3n) is 10.8. The van der Waals surface area contributed by atoms with E-state index in [1.807, 2.05) is 12.2 Å². The number of ether oxygens (including phenoxy) is 3. The molecule has 0 aliphatic carbocycles. The van der Waals surface area contributed by atoms with Crippen molar-refractivity contribution < 1.29 is 28.6 Å². The number of allylic oxidation sites excluding steroid dienone is 24. The zero-order valence-electron chi connectivity index (χ0n) is 44.0. The minimum atomic E-state index is -0.859. The lowest BCUT2D eigenvalue weighted by molar-refractivity contribution is -0.166. The maximum atomic E-state index is 12.8. The summed E-state index contributed by atoms with van der Waals surface area (Å²) in [4.78, 5) is 38.0. The molecule has 69 heavy (non-hydrogen) atoms. The molecule has 0 bridgehead atoms. The van der Waals surface area contributed by atoms with Gasteiger partial charge >= 0.3 is 17.9 Å². The van der Waals surface area contributed by atoms with Crippen molar-refractivity contribution in [3.05, 3.63) is 146 Å². The standard InChI is InChI=1S/C63H98O6/c1-4-7-10-13-16-19-22-25-28-30-31-33-35-38-41-44-47-50-53-56-62(65)68-59-60(58-67-61(64)55-52-49-46-43-40-37-34-27-24-21-18-15-12-9-6-3)69-63(66)57-54-51-48-45-42-39-36-32-29-26-23-20-17-14-11-8-5-2/h16-21,25-29,31,33-34,36,38-41,43,45,47-48,50,60H,4-15,22-24,30,32,35,37,42,44,46,49,51-59H2,1-3H3/b19-16-,20-17-,21-18-,28-25-,29-26-,33-31-,34-27-,39-36-,41-38-,43-40-,48-45-,50-47-/t60-/m0/s1. The van der Waals surface area contributed by atoms with Gasteiger partial charge in [-0.2, -0.15) is 0 Å². The molecule has 0 aliphatic rings. The van der Waals surface area contributed by atoms with E-state index in [9.17, 15) is 14.4 Å². The van der Waals surface area contributed by atoms with Crippen LogP contribution in [-0.4, -0.2) is 37.2 Å². The van der Waals surface area contributed by atoms with Crippen LogP contribution in [-0.2, 0) is 28.6 Å². The molecule has 0 aromatic heterocycles. The van der Waals surface area contributed by atoms with E-state index in [2.05, 4.69) is 154 Å². The Hall–Kier alpha value is -4.71. The highest BCUT2D eigenvalue weighted by atomic mass is 16.6. The van der Waals surface area contributed by atoms with Crippen molar-refractivity contribution in [2.45, 2.75) is 219 Å². The maximum Gasteiger partial charge on any atom is 0.306 e. The molecule has 0 spiro atoms. The van der Waals surface area contributed by atoms with Crippen LogP contribution in [0.2, 0.25) is 0 Å². The predicted octanol–water partition coefficient (Wildman–Crippen LogP) is 18.4. The van der Waals surface area contributed by atoms with Crippen LogP contribution >= 0.6 is 0 Å². The molecular formula is C63H98O6. The lowest BCUT2D eigenvalue weighted by Gasteiger charge is -2.18. The first kappa shape index (κ1) is 64.3. The van der Waals surface area contributed by atoms with Crippen LogP contribution in [0.25, 0.3) is 0 Å². The summed E-state index contributed by atoms with van der Waals surface area (Å²) < 4.78 is 16.7. The topological polar surface area (TPSA) is 78.9 Å². The minimum Gasteiger partial charge on any atom is -0.462 e. The fourth-order valence-electron chi connectivity index (χ4n) is 6.66. The van der Waals surface area contributed by atoms with Crippen molar-refractivity contribution in [3.63, 3.8) is 0 Å². The van der Waals surface area contributed by atoms with Crippen LogP contribution in [0.5, 0.6) is 0 Å². The molecule has 6 nitrogen and oxygen atoms in total. The number of carbonyl (C=O) groups excluding carboxylic acids is 3. The lowest BCUT2D eigenvalue weighted by atomic mass is 10.1. The molecule has 0 saturated carbocycles. The average molecular weight is 951 g/mol. The van der Waals surface area contributed by atoms with Gasteiger partial charge in [0.15, 0.2) is 6.10 Å². The van der Waals surface area contributed by atoms with Crippen LogP contribution < -0.4 is 0 Å². The highest BCUT2D eigenvalue weighted by molar-refractivity contribution is 5.71. The van der Waals surface area contributed by atoms with Crippen molar-refractivity contribution in [2.75, 3.05) is 13.2 Å². The molecule has 0 unspecified atom stereocenters. The monoisotopic (exact) mass is 951 g/mol. The predicted molar refractivity (Wildman–Crippen MR) is 297 cm³/mol. The molecule has 0 saturated heterocycles. The summed E-state index contributed by atoms with van der Waals surface area (Å²) in [6, 6.07) is 0. The van der Waals surface area contributed by atoms with Gasteiger partial charge in [-0.1, -0.05) is 205 Å². The van der Waals surface area contributed by atoms with Gasteiger partial charge in [0.2, 0.25) is 0 Å². The first-order valence-electron chi connectivity index (χ1n) is 27.3. The second kappa shape index (κ2) is 55.9. The van der Waals surface area contributed by atoms with Gasteiger partial charge in [-0.3, -0.25) is 14.4 Å². The number of hydrogen-bond donors (Lipinski definition) is 0. The maximum absolute atomic E-state index is 12.8. The number of esters is 3. The molecule has 0 aliphatic heterocycles. The van der Waals surface area contributed by atoms with E-state index in [4.69, 9.17) is 14.2 Å². The number of rotatable bonds is 47. The van der Waals surface area contributed by atoms with E-state index in [0.29, 0.717) is 19.3 Å². The second-order valence-corrected chi connectivity index (χ2v) is 17.4. The molecule has 0 heterocycles. The summed E-state index contributed by atoms with van der Waals surface area (Å²) in [6.07, 6.45) is 79.9. The second-order valence-electron chi connectivity index (χ2n) is 17.4. The van der Waals surface area contributed by atoms with Crippen molar-refractivity contribution in [3.8, 4) is 0 Å². The van der Waals surface area contributed by atoms with Gasteiger partial charge < -0.3 is 14.2 Å². The highest BCUT2D eigenvalue weighted by Crippen LogP contribution is 2.09. The summed E-state index contributed by atoms with van der Waals surface area (Å²) in [5.74, 6) is -1.14. The van der Waals surface area contributed by atoms with E-state index in [-0.39, 0.29) is 44.4 Å². The van der Waals surface area contributed by atoms with Gasteiger partial charge in [0.05, 0.1) is 0 Å². The molecule has 0 aromatic rings. The summed E-state index contributed by atoms with van der Waals surface area (Å²) in [6.45, 7) is 6.39. The van der Waals surface area contributed by atoms with E-state index in [1.165, 1.54) is 77.0 Å². The van der Waals surface area contributed by atoms with Gasteiger partial charge in [-0.05, 0) is 135 Å². The Morgan fingerprint density at radius 2 is 0.551 bits per heavy atom. The zero-order valence-corrected chi connectivity index (χ0v) is 44.0. The molecule has 1 atom stereocenters. The van der Waals surface area contributed by atoms with Gasteiger partial charge in [-0.15, -0.1) is 0 Å². The molecule has 0 fully saturated rings. The van der Waals surface area contributed by atoms with E-state index in [1.54, 1.807) is 0 Å². The molecule has 0 N–H and O–H groups in total. The Morgan fingerprint density at radius 3 is 0.884 bits per heavy atom. The van der Waals surface area contributed by atoms with Crippen molar-refractivity contribution >= 4 is 17.9 Å². The molecule has 0 amide bonds. The highest BCUT2D eigenvalue weighted by Gasteiger charge is 2.19. The van der Waals surface area contributed by atoms with Crippen LogP contribution in [0.1, 0.15) is 213 Å². The fourth-order valence-corrected chi connectivity index (χ4v) is 6.66. The van der Waals surface area contributed by atoms with Crippen LogP contribution in [0, 0.1) is 0 Å². The third kappa shape index (κ3) is 54.1. The average Bonchev–Trinajstić information content (AvgIpc) is 3.35. The van der Waals surface area contributed by atoms with Crippen molar-refractivity contribution in [1.29, 1.82) is 0 Å². The molecule has 0 rings (SSSR count). The number of hydrogen-bond acceptors (Lipinski definition) is 6. The van der Waals surface area contributed by atoms with E-state index in [0.717, 1.165) is 77.0 Å². The Labute approximate surface area is 423 Å². The SMILES string of the molecule is CCCCC/C=C\C/C=C\C/C=C\C/C=C\C/C=C\CCC(=O)OC[C@H](COC(=O)CCCC/C=C\C/C=C\C/C=C\CCCCC)OC(=O)CCC/C=C\C/C=C\C/C=C\C/C=C\CCCCC. The van der Waals surface area contributed by atoms with E-state index >= 15 is 0 Å². The molecular weight excluding hydrogens is 853 g/mol. The smallest absolute Gasteiger partial charge is 0.306 e. The summed E-state index contributed by atoms with van der Waals surface area (Å²) in [7, 11) is 0. The Morgan fingerprint density at radius 1 is 0.290 bits per heavy atom. The Balaban J connectivity index is 4.68.